The van der Waals surface area contributed by atoms with Gasteiger partial charge in [0, 0.05) is 31.0 Å². The molecule has 8 heteroatoms. The highest BCUT2D eigenvalue weighted by atomic mass is 32.2. The van der Waals surface area contributed by atoms with Crippen molar-refractivity contribution in [3.05, 3.63) is 33.9 Å². The van der Waals surface area contributed by atoms with Gasteiger partial charge in [0.05, 0.1) is 17.8 Å². The van der Waals surface area contributed by atoms with Gasteiger partial charge in [-0.1, -0.05) is 6.07 Å². The predicted molar refractivity (Wildman–Crippen MR) is 106 cm³/mol. The van der Waals surface area contributed by atoms with Crippen LogP contribution in [0.15, 0.2) is 18.2 Å². The van der Waals surface area contributed by atoms with E-state index >= 15 is 0 Å². The zero-order valence-electron chi connectivity index (χ0n) is 15.7. The number of carbonyl (C=O) groups excluding carboxylic acids is 1. The zero-order chi connectivity index (χ0) is 19.2. The van der Waals surface area contributed by atoms with Crippen LogP contribution < -0.4 is 10.1 Å². The van der Waals surface area contributed by atoms with Crippen LogP contribution in [0.5, 0.6) is 5.75 Å². The fraction of sp³-hybridized carbons (Fsp3) is 0.632. The average molecular weight is 394 g/mol. The molecule has 2 aliphatic rings. The molecule has 0 atom stereocenters. The first-order valence-electron chi connectivity index (χ1n) is 9.47. The number of nitrogens with zero attached hydrogens (tertiary/aromatic N) is 2. The number of likely N-dealkylation sites (tertiary alicyclic amines) is 1. The minimum absolute atomic E-state index is 0.0392. The molecule has 1 aliphatic heterocycles. The highest BCUT2D eigenvalue weighted by molar-refractivity contribution is 7.99. The quantitative estimate of drug-likeness (QED) is 0.513. The first-order valence-corrected chi connectivity index (χ1v) is 10.6. The van der Waals surface area contributed by atoms with Gasteiger partial charge in [0.15, 0.2) is 5.75 Å². The summed E-state index contributed by atoms with van der Waals surface area (Å²) in [5, 5.41) is 14.7. The number of nitro benzene ring substituents is 1. The van der Waals surface area contributed by atoms with Crippen LogP contribution in [0.3, 0.4) is 0 Å². The summed E-state index contributed by atoms with van der Waals surface area (Å²) in [6, 6.07) is 5.48. The van der Waals surface area contributed by atoms with Crippen LogP contribution in [0.1, 0.15) is 31.2 Å². The molecule has 0 aromatic heterocycles. The van der Waals surface area contributed by atoms with Crippen LogP contribution in [0.4, 0.5) is 5.69 Å². The van der Waals surface area contributed by atoms with Gasteiger partial charge in [-0.3, -0.25) is 14.9 Å². The third-order valence-electron chi connectivity index (χ3n) is 5.17. The number of methoxy groups -OCH3 is 1. The normalized spacial score (nSPS) is 17.7. The Balaban J connectivity index is 1.39. The first kappa shape index (κ1) is 19.9. The minimum atomic E-state index is -0.445. The average Bonchev–Trinajstić information content (AvgIpc) is 3.51. The molecule has 2 fully saturated rings. The molecule has 1 saturated carbocycles. The molecule has 1 aromatic carbocycles. The Labute approximate surface area is 164 Å². The second-order valence-corrected chi connectivity index (χ2v) is 8.25. The van der Waals surface area contributed by atoms with E-state index in [9.17, 15) is 14.9 Å². The van der Waals surface area contributed by atoms with Gasteiger partial charge in [0.25, 0.3) is 0 Å². The third kappa shape index (κ3) is 5.84. The van der Waals surface area contributed by atoms with Crippen LogP contribution in [0.2, 0.25) is 0 Å². The van der Waals surface area contributed by atoms with E-state index in [0.717, 1.165) is 44.0 Å². The maximum Gasteiger partial charge on any atom is 0.311 e. The van der Waals surface area contributed by atoms with Gasteiger partial charge in [-0.15, -0.1) is 11.8 Å². The van der Waals surface area contributed by atoms with Crippen molar-refractivity contribution in [1.82, 2.24) is 10.2 Å². The SMILES string of the molecule is COc1ccc(CSCC(=O)N2CCC(NCC3CC3)CC2)cc1[N+](=O)[O-]. The smallest absolute Gasteiger partial charge is 0.311 e. The predicted octanol–water partition coefficient (Wildman–Crippen LogP) is 2.83. The summed E-state index contributed by atoms with van der Waals surface area (Å²) >= 11 is 1.49. The molecule has 1 saturated heterocycles. The lowest BCUT2D eigenvalue weighted by molar-refractivity contribution is -0.385. The van der Waals surface area contributed by atoms with Crippen LogP contribution in [-0.2, 0) is 10.5 Å². The summed E-state index contributed by atoms with van der Waals surface area (Å²) in [5.74, 6) is 2.26. The van der Waals surface area contributed by atoms with Crippen molar-refractivity contribution in [2.24, 2.45) is 5.92 Å². The van der Waals surface area contributed by atoms with Crippen molar-refractivity contribution >= 4 is 23.4 Å². The summed E-state index contributed by atoms with van der Waals surface area (Å²) in [4.78, 5) is 25.0. The molecule has 1 N–H and O–H groups in total. The zero-order valence-corrected chi connectivity index (χ0v) is 16.5. The maximum atomic E-state index is 12.4. The Kier molecular flexibility index (Phi) is 6.95. The van der Waals surface area contributed by atoms with E-state index in [-0.39, 0.29) is 17.3 Å². The largest absolute Gasteiger partial charge is 0.490 e. The highest BCUT2D eigenvalue weighted by Gasteiger charge is 2.26. The van der Waals surface area contributed by atoms with E-state index < -0.39 is 4.92 Å². The second kappa shape index (κ2) is 9.41. The maximum absolute atomic E-state index is 12.4. The Morgan fingerprint density at radius 2 is 2.07 bits per heavy atom. The molecule has 1 aliphatic carbocycles. The Hall–Kier alpha value is -1.80. The van der Waals surface area contributed by atoms with Crippen LogP contribution in [-0.4, -0.2) is 54.3 Å². The van der Waals surface area contributed by atoms with Gasteiger partial charge in [-0.25, -0.2) is 0 Å². The summed E-state index contributed by atoms with van der Waals surface area (Å²) in [6.07, 6.45) is 4.76. The number of piperidine rings is 1. The Morgan fingerprint density at radius 3 is 2.70 bits per heavy atom. The summed E-state index contributed by atoms with van der Waals surface area (Å²) < 4.78 is 5.01. The van der Waals surface area contributed by atoms with Crippen molar-refractivity contribution in [3.8, 4) is 5.75 Å². The van der Waals surface area contributed by atoms with E-state index in [1.807, 2.05) is 4.90 Å². The topological polar surface area (TPSA) is 84.7 Å². The van der Waals surface area contributed by atoms with Crippen molar-refractivity contribution in [2.75, 3.05) is 32.5 Å². The number of hydrogen-bond acceptors (Lipinski definition) is 6. The van der Waals surface area contributed by atoms with E-state index in [1.54, 1.807) is 12.1 Å². The minimum Gasteiger partial charge on any atom is -0.490 e. The fourth-order valence-electron chi connectivity index (χ4n) is 3.30. The third-order valence-corrected chi connectivity index (χ3v) is 6.16. The van der Waals surface area contributed by atoms with Crippen LogP contribution in [0, 0.1) is 16.0 Å². The second-order valence-electron chi connectivity index (χ2n) is 7.26. The molecular weight excluding hydrogens is 366 g/mol. The Bertz CT molecular complexity index is 673. The fourth-order valence-corrected chi connectivity index (χ4v) is 4.18. The van der Waals surface area contributed by atoms with Crippen molar-refractivity contribution < 1.29 is 14.5 Å². The first-order chi connectivity index (χ1) is 13.1. The lowest BCUT2D eigenvalue weighted by Gasteiger charge is -2.32. The number of hydrogen-bond donors (Lipinski definition) is 1. The van der Waals surface area contributed by atoms with Gasteiger partial charge < -0.3 is 15.0 Å². The standard InChI is InChI=1S/C19H27N3O4S/c1-26-18-5-4-15(10-17(18)22(24)25)12-27-13-19(23)21-8-6-16(7-9-21)20-11-14-2-3-14/h4-5,10,14,16,20H,2-3,6-9,11-13H2,1H3. The number of amides is 1. The van der Waals surface area contributed by atoms with Crippen molar-refractivity contribution in [2.45, 2.75) is 37.5 Å². The number of thioether (sulfide) groups is 1. The van der Waals surface area contributed by atoms with Gasteiger partial charge in [0.2, 0.25) is 5.91 Å². The molecule has 0 unspecified atom stereocenters. The molecule has 7 nitrogen and oxygen atoms in total. The molecule has 0 bridgehead atoms. The van der Waals surface area contributed by atoms with E-state index in [1.165, 1.54) is 37.8 Å². The van der Waals surface area contributed by atoms with Gasteiger partial charge >= 0.3 is 5.69 Å². The summed E-state index contributed by atoms with van der Waals surface area (Å²) in [5.41, 5.74) is 0.783. The van der Waals surface area contributed by atoms with E-state index in [0.29, 0.717) is 17.5 Å². The molecule has 148 valence electrons. The monoisotopic (exact) mass is 393 g/mol. The van der Waals surface area contributed by atoms with Gasteiger partial charge in [-0.2, -0.15) is 0 Å². The van der Waals surface area contributed by atoms with E-state index in [4.69, 9.17) is 4.74 Å². The van der Waals surface area contributed by atoms with Crippen LogP contribution in [0.25, 0.3) is 0 Å². The lowest BCUT2D eigenvalue weighted by Crippen LogP contribution is -2.45. The van der Waals surface area contributed by atoms with Crippen LogP contribution >= 0.6 is 11.8 Å². The van der Waals surface area contributed by atoms with Crippen molar-refractivity contribution in [3.63, 3.8) is 0 Å². The molecular formula is C19H27N3O4S. The number of carbonyl (C=O) groups is 1. The molecule has 1 heterocycles. The van der Waals surface area contributed by atoms with E-state index in [2.05, 4.69) is 5.32 Å². The van der Waals surface area contributed by atoms with Gasteiger partial charge in [0.1, 0.15) is 0 Å². The molecule has 3 rings (SSSR count). The molecule has 1 aromatic rings. The molecule has 1 amide bonds. The van der Waals surface area contributed by atoms with Gasteiger partial charge in [-0.05, 0) is 49.8 Å². The molecule has 0 radical (unpaired) electrons. The number of benzene rings is 1. The number of nitro groups is 1. The number of nitrogens with one attached hydrogen (secondary N) is 1. The molecule has 0 spiro atoms. The number of rotatable bonds is 9. The highest BCUT2D eigenvalue weighted by Crippen LogP contribution is 2.29. The summed E-state index contributed by atoms with van der Waals surface area (Å²) in [6.45, 7) is 2.76. The van der Waals surface area contributed by atoms with Crippen molar-refractivity contribution in [1.29, 1.82) is 0 Å². The Morgan fingerprint density at radius 1 is 1.33 bits per heavy atom. The number of ether oxygens (including phenoxy) is 1. The molecule has 27 heavy (non-hydrogen) atoms. The lowest BCUT2D eigenvalue weighted by atomic mass is 10.0. The summed E-state index contributed by atoms with van der Waals surface area (Å²) in [7, 11) is 1.42.